The van der Waals surface area contributed by atoms with E-state index < -0.39 is 0 Å². The number of rotatable bonds is 14. The van der Waals surface area contributed by atoms with Crippen LogP contribution in [-0.2, 0) is 19.8 Å². The molecule has 0 aliphatic carbocycles. The van der Waals surface area contributed by atoms with E-state index in [2.05, 4.69) is 325 Å². The van der Waals surface area contributed by atoms with Crippen molar-refractivity contribution in [2.24, 2.45) is 0 Å². The number of benzene rings is 12. The Bertz CT molecular complexity index is 3760. The molecule has 0 fully saturated rings. The molecule has 0 aliphatic heterocycles. The summed E-state index contributed by atoms with van der Waals surface area (Å²) in [7, 11) is 0. The summed E-state index contributed by atoms with van der Waals surface area (Å²) in [5.41, 5.74) is 16.6. The number of hydrogen-bond donors (Lipinski definition) is 0. The van der Waals surface area contributed by atoms with Gasteiger partial charge >= 0.3 is 19.8 Å². The van der Waals surface area contributed by atoms with Gasteiger partial charge in [-0.05, 0) is 150 Å². The van der Waals surface area contributed by atoms with E-state index in [0.29, 0.717) is 0 Å². The molecule has 0 aromatic heterocycles. The summed E-state index contributed by atoms with van der Waals surface area (Å²) in [5, 5.41) is 4.76. The van der Waals surface area contributed by atoms with Crippen molar-refractivity contribution in [3.8, 4) is 11.1 Å². The predicted molar refractivity (Wildman–Crippen MR) is 329 cm³/mol. The van der Waals surface area contributed by atoms with E-state index >= 15 is 0 Å². The second-order valence-corrected chi connectivity index (χ2v) is 19.1. The van der Waals surface area contributed by atoms with Gasteiger partial charge in [0.15, 0.2) is 0 Å². The zero-order chi connectivity index (χ0) is 52.3. The monoisotopic (exact) mass is 1180 g/mol. The Labute approximate surface area is 473 Å². The maximum Gasteiger partial charge on any atom is 2.00 e. The standard InChI is InChI=1S/C69H51N4.C4H9.Os/c1-51-31-37-59(38-32-51)71(58-25-9-4-10-26-58)61-45-49-65(50-46-61)73(69-30-16-20-55-18-12-14-28-67(55)69)63-41-35-53(36-42-63)52-33-39-62(40-34-52)72(68-29-15-19-54-17-11-13-27-66(54)68)64-47-43-60(44-48-64)70(56-21-5-2-6-22-56)57-23-7-3-8-24-57;1-3-4-2;/h2,4-50H,1H3;1,3-4H2,2H3;/q2*-1;+2. The number of hydrogen-bond acceptors (Lipinski definition) is 4. The minimum absolute atomic E-state index is 0. The topological polar surface area (TPSA) is 13.0 Å². The first-order chi connectivity index (χ1) is 38.0. The summed E-state index contributed by atoms with van der Waals surface area (Å²) >= 11 is 0. The molecule has 0 saturated carbocycles. The second kappa shape index (κ2) is 24.8. The largest absolute Gasteiger partial charge is 2.00 e. The van der Waals surface area contributed by atoms with Crippen LogP contribution in [0.2, 0.25) is 0 Å². The number of aryl methyl sites for hydroxylation is 1. The van der Waals surface area contributed by atoms with Gasteiger partial charge in [-0.2, -0.15) is 24.6 Å². The molecule has 0 atom stereocenters. The maximum absolute atomic E-state index is 3.60. The Morgan fingerprint density at radius 1 is 0.308 bits per heavy atom. The first-order valence-corrected chi connectivity index (χ1v) is 26.5. The van der Waals surface area contributed by atoms with Gasteiger partial charge in [0.1, 0.15) is 0 Å². The third-order valence-corrected chi connectivity index (χ3v) is 14.0. The molecule has 0 spiro atoms. The third kappa shape index (κ3) is 11.4. The van der Waals surface area contributed by atoms with Crippen LogP contribution < -0.4 is 19.6 Å². The van der Waals surface area contributed by atoms with E-state index in [9.17, 15) is 0 Å². The van der Waals surface area contributed by atoms with Crippen LogP contribution in [0.5, 0.6) is 0 Å². The smallest absolute Gasteiger partial charge is 0.343 e. The van der Waals surface area contributed by atoms with Gasteiger partial charge in [-0.15, -0.1) is 12.1 Å². The number of para-hydroxylation sites is 2. The zero-order valence-corrected chi connectivity index (χ0v) is 46.5. The molecule has 78 heavy (non-hydrogen) atoms. The summed E-state index contributed by atoms with van der Waals surface area (Å²) in [4.78, 5) is 9.34. The first kappa shape index (κ1) is 52.4. The van der Waals surface area contributed by atoms with Gasteiger partial charge in [-0.25, -0.2) is 0 Å². The molecule has 12 aromatic carbocycles. The van der Waals surface area contributed by atoms with Crippen molar-refractivity contribution in [3.63, 3.8) is 0 Å². The third-order valence-electron chi connectivity index (χ3n) is 14.0. The van der Waals surface area contributed by atoms with Crippen LogP contribution in [0.25, 0.3) is 32.7 Å². The summed E-state index contributed by atoms with van der Waals surface area (Å²) < 4.78 is 0. The molecule has 5 heteroatoms. The van der Waals surface area contributed by atoms with Gasteiger partial charge in [0.25, 0.3) is 0 Å². The van der Waals surface area contributed by atoms with Crippen LogP contribution >= 0.6 is 0 Å². The van der Waals surface area contributed by atoms with Gasteiger partial charge in [0, 0.05) is 62.0 Å². The van der Waals surface area contributed by atoms with Crippen molar-refractivity contribution in [2.45, 2.75) is 26.7 Å². The van der Waals surface area contributed by atoms with Crippen LogP contribution in [0, 0.1) is 19.9 Å². The second-order valence-electron chi connectivity index (χ2n) is 19.1. The molecule has 4 nitrogen and oxygen atoms in total. The number of nitrogens with zero attached hydrogens (tertiary/aromatic N) is 4. The van der Waals surface area contributed by atoms with E-state index in [1.165, 1.54) is 33.5 Å². The van der Waals surface area contributed by atoms with Crippen molar-refractivity contribution in [2.75, 3.05) is 19.6 Å². The molecule has 0 saturated heterocycles. The number of anilines is 12. The first-order valence-electron chi connectivity index (χ1n) is 26.5. The molecule has 0 heterocycles. The normalized spacial score (nSPS) is 10.8. The number of unbranched alkanes of at least 4 members (excludes halogenated alkanes) is 1. The van der Waals surface area contributed by atoms with Crippen molar-refractivity contribution >= 4 is 89.8 Å². The van der Waals surface area contributed by atoms with Gasteiger partial charge in [0.05, 0.1) is 11.4 Å². The van der Waals surface area contributed by atoms with Crippen molar-refractivity contribution in [3.05, 3.63) is 310 Å². The van der Waals surface area contributed by atoms with Crippen LogP contribution in [0.15, 0.2) is 291 Å². The summed E-state index contributed by atoms with van der Waals surface area (Å²) in [5.74, 6) is 0. The molecule has 12 rings (SSSR count). The molecule has 380 valence electrons. The van der Waals surface area contributed by atoms with E-state index in [-0.39, 0.29) is 19.8 Å². The average molecular weight is 1180 g/mol. The van der Waals surface area contributed by atoms with Crippen molar-refractivity contribution in [1.29, 1.82) is 0 Å². The molecular weight excluding hydrogens is 1120 g/mol. The van der Waals surface area contributed by atoms with E-state index in [1.54, 1.807) is 0 Å². The predicted octanol–water partition coefficient (Wildman–Crippen LogP) is 21.3. The van der Waals surface area contributed by atoms with Crippen LogP contribution in [0.4, 0.5) is 68.2 Å². The van der Waals surface area contributed by atoms with Crippen LogP contribution in [0.1, 0.15) is 25.3 Å². The van der Waals surface area contributed by atoms with Gasteiger partial charge in [0.2, 0.25) is 0 Å². The van der Waals surface area contributed by atoms with E-state index in [1.807, 2.05) is 12.1 Å². The Balaban J connectivity index is 0.00000133. The fourth-order valence-electron chi connectivity index (χ4n) is 10.0. The van der Waals surface area contributed by atoms with E-state index in [4.69, 9.17) is 0 Å². The molecule has 0 N–H and O–H groups in total. The minimum Gasteiger partial charge on any atom is -0.343 e. The fraction of sp³-hybridized carbons (Fsp3) is 0.0548. The fourth-order valence-corrected chi connectivity index (χ4v) is 10.0. The Hall–Kier alpha value is -9.00. The van der Waals surface area contributed by atoms with E-state index in [0.717, 1.165) is 85.8 Å². The Kier molecular flexibility index (Phi) is 16.7. The molecule has 0 aliphatic rings. The maximum atomic E-state index is 3.60. The molecule has 0 unspecified atom stereocenters. The minimum atomic E-state index is 0. The Morgan fingerprint density at radius 3 is 0.962 bits per heavy atom. The quantitative estimate of drug-likeness (QED) is 0.101. The summed E-state index contributed by atoms with van der Waals surface area (Å²) in [6, 6.07) is 107. The SMILES string of the molecule is Cc1ccc(N(c2ccccc2)c2ccc(N(c3ccc(-c4ccc(N(c5ccc(N(c6cc[c-]cc6)c6ccccc6)cc5)c5cccc6ccccc56)cc4)cc3)c3cccc4ccccc34)cc2)cc1.[CH2-]CCC.[Os+2]. The van der Waals surface area contributed by atoms with Crippen LogP contribution in [0.3, 0.4) is 0 Å². The molecule has 0 amide bonds. The molecular formula is C73H60N4Os. The summed E-state index contributed by atoms with van der Waals surface area (Å²) in [6.45, 7) is 7.85. The van der Waals surface area contributed by atoms with Gasteiger partial charge in [-0.3, -0.25) is 0 Å². The van der Waals surface area contributed by atoms with Crippen LogP contribution in [-0.4, -0.2) is 0 Å². The van der Waals surface area contributed by atoms with Crippen molar-refractivity contribution < 1.29 is 19.8 Å². The average Bonchev–Trinajstić information content (AvgIpc) is 3.55. The molecule has 0 bridgehead atoms. The summed E-state index contributed by atoms with van der Waals surface area (Å²) in [6.07, 6.45) is 2.28. The van der Waals surface area contributed by atoms with Crippen molar-refractivity contribution in [1.82, 2.24) is 0 Å². The molecule has 12 aromatic rings. The zero-order valence-electron chi connectivity index (χ0n) is 44.0. The number of fused-ring (bicyclic) bond motifs is 2. The van der Waals surface area contributed by atoms with Gasteiger partial charge in [-0.1, -0.05) is 170 Å². The Morgan fingerprint density at radius 2 is 0.590 bits per heavy atom. The molecule has 0 radical (unpaired) electrons. The van der Waals surface area contributed by atoms with Gasteiger partial charge < -0.3 is 26.5 Å².